The zero-order valence-corrected chi connectivity index (χ0v) is 19.6. The quantitative estimate of drug-likeness (QED) is 0.288. The molecule has 2 amide bonds. The Bertz CT molecular complexity index is 1320. The summed E-state index contributed by atoms with van der Waals surface area (Å²) in [7, 11) is 0. The number of halogens is 3. The highest BCUT2D eigenvalue weighted by Crippen LogP contribution is 2.34. The number of amides is 2. The predicted molar refractivity (Wildman–Crippen MR) is 131 cm³/mol. The van der Waals surface area contributed by atoms with Gasteiger partial charge < -0.3 is 0 Å². The molecule has 5 nitrogen and oxygen atoms in total. The normalized spacial score (nSPS) is 10.7. The topological polar surface area (TPSA) is 63.2 Å². The highest BCUT2D eigenvalue weighted by atomic mass is 35.5. The number of carbonyl (C=O) groups excluding carboxylic acids is 2. The molecule has 1 heterocycles. The van der Waals surface area contributed by atoms with E-state index in [4.69, 9.17) is 34.8 Å². The van der Waals surface area contributed by atoms with Gasteiger partial charge in [0.1, 0.15) is 6.33 Å². The van der Waals surface area contributed by atoms with Crippen molar-refractivity contribution in [3.05, 3.63) is 111 Å². The second-order valence-electron chi connectivity index (χ2n) is 7.13. The summed E-state index contributed by atoms with van der Waals surface area (Å²) >= 11 is 18.6. The van der Waals surface area contributed by atoms with Gasteiger partial charge in [0, 0.05) is 17.3 Å². The first-order chi connectivity index (χ1) is 15.9. The first kappa shape index (κ1) is 22.9. The third kappa shape index (κ3) is 4.62. The lowest BCUT2D eigenvalue weighted by atomic mass is 10.0. The Balaban J connectivity index is 1.94. The maximum Gasteiger partial charge on any atom is 0.268 e. The number of anilines is 1. The minimum absolute atomic E-state index is 0.0987. The largest absolute Gasteiger partial charge is 0.268 e. The van der Waals surface area contributed by atoms with Gasteiger partial charge in [0.2, 0.25) is 0 Å². The molecule has 0 fully saturated rings. The highest BCUT2D eigenvalue weighted by Gasteiger charge is 2.31. The van der Waals surface area contributed by atoms with E-state index in [9.17, 15) is 9.59 Å². The monoisotopic (exact) mass is 495 g/mol. The van der Waals surface area contributed by atoms with E-state index in [0.717, 1.165) is 4.90 Å². The van der Waals surface area contributed by atoms with Crippen molar-refractivity contribution in [1.29, 1.82) is 0 Å². The van der Waals surface area contributed by atoms with Crippen LogP contribution in [0.15, 0.2) is 79.3 Å². The molecule has 0 saturated heterocycles. The SMILES string of the molecule is Cc1ccccc1C(=O)N(C(=O)c1ccccc1Cl)c1ncncc1-c1ccc(Cl)c(Cl)c1. The van der Waals surface area contributed by atoms with Crippen molar-refractivity contribution in [1.82, 2.24) is 9.97 Å². The minimum Gasteiger partial charge on any atom is -0.268 e. The molecule has 0 aliphatic rings. The number of benzene rings is 3. The first-order valence-electron chi connectivity index (χ1n) is 9.83. The fraction of sp³-hybridized carbons (Fsp3) is 0.0400. The fourth-order valence-electron chi connectivity index (χ4n) is 3.34. The van der Waals surface area contributed by atoms with Crippen molar-refractivity contribution >= 4 is 52.4 Å². The molecule has 0 N–H and O–H groups in total. The van der Waals surface area contributed by atoms with E-state index < -0.39 is 11.8 Å². The zero-order valence-electron chi connectivity index (χ0n) is 17.3. The third-order valence-electron chi connectivity index (χ3n) is 5.02. The minimum atomic E-state index is -0.617. The lowest BCUT2D eigenvalue weighted by molar-refractivity contribution is 0.0896. The molecule has 0 atom stereocenters. The average molecular weight is 497 g/mol. The number of nitrogens with zero attached hydrogens (tertiary/aromatic N) is 3. The molecule has 0 bridgehead atoms. The highest BCUT2D eigenvalue weighted by molar-refractivity contribution is 6.42. The summed E-state index contributed by atoms with van der Waals surface area (Å²) in [4.78, 5) is 36.9. The Labute approximate surface area is 205 Å². The molecule has 8 heteroatoms. The van der Waals surface area contributed by atoms with Gasteiger partial charge in [-0.3, -0.25) is 9.59 Å². The van der Waals surface area contributed by atoms with Crippen molar-refractivity contribution in [2.45, 2.75) is 6.92 Å². The van der Waals surface area contributed by atoms with Gasteiger partial charge in [-0.25, -0.2) is 14.9 Å². The maximum atomic E-state index is 13.8. The molecule has 0 unspecified atom stereocenters. The summed E-state index contributed by atoms with van der Waals surface area (Å²) in [5.74, 6) is -1.06. The number of carbonyl (C=O) groups is 2. The lowest BCUT2D eigenvalue weighted by Gasteiger charge is -2.23. The van der Waals surface area contributed by atoms with Gasteiger partial charge in [-0.05, 0) is 48.4 Å². The Kier molecular flexibility index (Phi) is 6.75. The first-order valence-corrected chi connectivity index (χ1v) is 11.0. The van der Waals surface area contributed by atoms with Crippen LogP contribution in [0.2, 0.25) is 15.1 Å². The molecule has 0 radical (unpaired) electrons. The van der Waals surface area contributed by atoms with Crippen molar-refractivity contribution < 1.29 is 9.59 Å². The van der Waals surface area contributed by atoms with Crippen LogP contribution in [0.4, 0.5) is 5.82 Å². The molecule has 4 rings (SSSR count). The fourth-order valence-corrected chi connectivity index (χ4v) is 3.86. The van der Waals surface area contributed by atoms with Crippen LogP contribution in [0, 0.1) is 6.92 Å². The maximum absolute atomic E-state index is 13.8. The Morgan fingerprint density at radius 3 is 2.15 bits per heavy atom. The van der Waals surface area contributed by atoms with Crippen LogP contribution >= 0.6 is 34.8 Å². The van der Waals surface area contributed by atoms with E-state index >= 15 is 0 Å². The zero-order chi connectivity index (χ0) is 23.5. The second-order valence-corrected chi connectivity index (χ2v) is 8.35. The molecule has 0 saturated carbocycles. The van der Waals surface area contributed by atoms with Crippen LogP contribution < -0.4 is 4.90 Å². The molecule has 4 aromatic rings. The standard InChI is InChI=1S/C25H16Cl3N3O2/c1-15-6-2-3-7-17(15)24(32)31(25(33)18-8-4-5-9-20(18)26)23-19(13-29-14-30-23)16-10-11-21(27)22(28)12-16/h2-14H,1H3. The molecule has 0 aliphatic heterocycles. The molecule has 0 spiro atoms. The van der Waals surface area contributed by atoms with Crippen molar-refractivity contribution in [3.8, 4) is 11.1 Å². The van der Waals surface area contributed by atoms with Crippen molar-refractivity contribution in [2.75, 3.05) is 4.90 Å². The summed E-state index contributed by atoms with van der Waals surface area (Å²) in [6, 6.07) is 18.5. The molecule has 33 heavy (non-hydrogen) atoms. The van der Waals surface area contributed by atoms with Gasteiger partial charge >= 0.3 is 0 Å². The van der Waals surface area contributed by atoms with Crippen LogP contribution in [0.1, 0.15) is 26.3 Å². The van der Waals surface area contributed by atoms with Crippen molar-refractivity contribution in [2.24, 2.45) is 0 Å². The van der Waals surface area contributed by atoms with Crippen LogP contribution in [0.3, 0.4) is 0 Å². The summed E-state index contributed by atoms with van der Waals surface area (Å²) in [5, 5.41) is 0.909. The molecular weight excluding hydrogens is 481 g/mol. The Hall–Kier alpha value is -3.25. The van der Waals surface area contributed by atoms with Gasteiger partial charge in [0.05, 0.1) is 20.6 Å². The van der Waals surface area contributed by atoms with Gasteiger partial charge in [0.25, 0.3) is 11.8 Å². The van der Waals surface area contributed by atoms with Gasteiger partial charge in [-0.1, -0.05) is 71.2 Å². The van der Waals surface area contributed by atoms with E-state index in [1.165, 1.54) is 12.5 Å². The number of hydrogen-bond acceptors (Lipinski definition) is 4. The summed E-state index contributed by atoms with van der Waals surface area (Å²) in [6.45, 7) is 1.80. The number of aryl methyl sites for hydroxylation is 1. The van der Waals surface area contributed by atoms with Crippen LogP contribution in [-0.4, -0.2) is 21.8 Å². The lowest BCUT2D eigenvalue weighted by Crippen LogP contribution is -2.38. The second kappa shape index (κ2) is 9.71. The molecule has 1 aromatic heterocycles. The predicted octanol–water partition coefficient (Wildman–Crippen LogP) is 6.90. The summed E-state index contributed by atoms with van der Waals surface area (Å²) in [6.07, 6.45) is 2.79. The van der Waals surface area contributed by atoms with E-state index in [1.807, 2.05) is 6.07 Å². The summed E-state index contributed by atoms with van der Waals surface area (Å²) in [5.41, 5.74) is 2.26. The number of rotatable bonds is 4. The van der Waals surface area contributed by atoms with Gasteiger partial charge in [-0.2, -0.15) is 0 Å². The van der Waals surface area contributed by atoms with Gasteiger partial charge in [0.15, 0.2) is 5.82 Å². The average Bonchev–Trinajstić information content (AvgIpc) is 2.82. The molecular formula is C25H16Cl3N3O2. The van der Waals surface area contributed by atoms with E-state index in [0.29, 0.717) is 32.3 Å². The molecule has 164 valence electrons. The van der Waals surface area contributed by atoms with E-state index in [-0.39, 0.29) is 16.4 Å². The molecule has 3 aromatic carbocycles. The number of imide groups is 1. The third-order valence-corrected chi connectivity index (χ3v) is 6.09. The Morgan fingerprint density at radius 1 is 0.788 bits per heavy atom. The summed E-state index contributed by atoms with van der Waals surface area (Å²) < 4.78 is 0. The number of hydrogen-bond donors (Lipinski definition) is 0. The van der Waals surface area contributed by atoms with E-state index in [2.05, 4.69) is 9.97 Å². The van der Waals surface area contributed by atoms with Crippen LogP contribution in [0.25, 0.3) is 11.1 Å². The molecule has 0 aliphatic carbocycles. The van der Waals surface area contributed by atoms with Gasteiger partial charge in [-0.15, -0.1) is 0 Å². The van der Waals surface area contributed by atoms with Crippen LogP contribution in [-0.2, 0) is 0 Å². The smallest absolute Gasteiger partial charge is 0.268 e. The van der Waals surface area contributed by atoms with E-state index in [1.54, 1.807) is 67.6 Å². The number of aromatic nitrogens is 2. The van der Waals surface area contributed by atoms with Crippen LogP contribution in [0.5, 0.6) is 0 Å². The Morgan fingerprint density at radius 2 is 1.45 bits per heavy atom. The van der Waals surface area contributed by atoms with Crippen molar-refractivity contribution in [3.63, 3.8) is 0 Å².